The molecule has 0 radical (unpaired) electrons. The van der Waals surface area contributed by atoms with Crippen LogP contribution in [0.2, 0.25) is 0 Å². The molecular formula is C19H15N3OS2. The molecule has 0 fully saturated rings. The highest BCUT2D eigenvalue weighted by Gasteiger charge is 2.16. The van der Waals surface area contributed by atoms with Crippen LogP contribution < -0.4 is 4.74 Å². The van der Waals surface area contributed by atoms with Gasteiger partial charge in [-0.05, 0) is 30.5 Å². The van der Waals surface area contributed by atoms with Crippen LogP contribution in [0, 0.1) is 11.3 Å². The number of hydrogen-bond donors (Lipinski definition) is 0. The van der Waals surface area contributed by atoms with Crippen molar-refractivity contribution < 1.29 is 4.74 Å². The first-order valence-electron chi connectivity index (χ1n) is 7.48. The summed E-state index contributed by atoms with van der Waals surface area (Å²) in [5.41, 5.74) is 2.07. The van der Waals surface area contributed by atoms with Crippen LogP contribution in [-0.2, 0) is 0 Å². The normalized spacial score (nSPS) is 10.3. The summed E-state index contributed by atoms with van der Waals surface area (Å²) in [6, 6.07) is 19.7. The summed E-state index contributed by atoms with van der Waals surface area (Å²) in [7, 11) is 1.64. The lowest BCUT2D eigenvalue weighted by Gasteiger charge is -2.10. The molecule has 1 heterocycles. The van der Waals surface area contributed by atoms with Gasteiger partial charge in [-0.15, -0.1) is 0 Å². The highest BCUT2D eigenvalue weighted by molar-refractivity contribution is 7.99. The Labute approximate surface area is 155 Å². The van der Waals surface area contributed by atoms with Crippen LogP contribution >= 0.6 is 23.5 Å². The van der Waals surface area contributed by atoms with Crippen molar-refractivity contribution in [2.75, 3.05) is 13.4 Å². The Hall–Kier alpha value is -2.49. The van der Waals surface area contributed by atoms with Gasteiger partial charge in [0.1, 0.15) is 22.4 Å². The first-order valence-corrected chi connectivity index (χ1v) is 9.52. The van der Waals surface area contributed by atoms with E-state index in [1.807, 2.05) is 60.9 Å². The lowest BCUT2D eigenvalue weighted by atomic mass is 10.1. The van der Waals surface area contributed by atoms with E-state index in [-0.39, 0.29) is 0 Å². The maximum atomic E-state index is 9.71. The molecule has 4 nitrogen and oxygen atoms in total. The Kier molecular flexibility index (Phi) is 5.59. The maximum Gasteiger partial charge on any atom is 0.189 e. The van der Waals surface area contributed by atoms with E-state index in [0.29, 0.717) is 21.4 Å². The topological polar surface area (TPSA) is 58.8 Å². The minimum atomic E-state index is 0.491. The maximum absolute atomic E-state index is 9.71. The first-order chi connectivity index (χ1) is 12.2. The molecule has 0 spiro atoms. The second kappa shape index (κ2) is 8.06. The second-order valence-electron chi connectivity index (χ2n) is 4.99. The number of nitrogens with zero attached hydrogens (tertiary/aromatic N) is 3. The molecule has 0 saturated carbocycles. The lowest BCUT2D eigenvalue weighted by Crippen LogP contribution is -1.98. The highest BCUT2D eigenvalue weighted by Crippen LogP contribution is 2.35. The average molecular weight is 365 g/mol. The van der Waals surface area contributed by atoms with Gasteiger partial charge in [-0.2, -0.15) is 5.26 Å². The third kappa shape index (κ3) is 3.95. The van der Waals surface area contributed by atoms with Crippen molar-refractivity contribution >= 4 is 23.5 Å². The Morgan fingerprint density at radius 1 is 1.00 bits per heavy atom. The zero-order chi connectivity index (χ0) is 17.6. The van der Waals surface area contributed by atoms with E-state index in [2.05, 4.69) is 16.0 Å². The van der Waals surface area contributed by atoms with E-state index in [1.165, 1.54) is 23.5 Å². The van der Waals surface area contributed by atoms with Gasteiger partial charge < -0.3 is 4.74 Å². The van der Waals surface area contributed by atoms with Crippen molar-refractivity contribution in [1.82, 2.24) is 9.97 Å². The van der Waals surface area contributed by atoms with Gasteiger partial charge in [0.2, 0.25) is 0 Å². The number of nitriles is 1. The molecule has 6 heteroatoms. The molecule has 124 valence electrons. The van der Waals surface area contributed by atoms with Gasteiger partial charge in [0.15, 0.2) is 5.16 Å². The van der Waals surface area contributed by atoms with Crippen molar-refractivity contribution in [3.8, 4) is 23.1 Å². The number of methoxy groups -OCH3 is 1. The number of rotatable bonds is 5. The van der Waals surface area contributed by atoms with Crippen LogP contribution in [0.1, 0.15) is 5.56 Å². The van der Waals surface area contributed by atoms with E-state index < -0.39 is 0 Å². The van der Waals surface area contributed by atoms with Gasteiger partial charge in [-0.1, -0.05) is 53.9 Å². The van der Waals surface area contributed by atoms with E-state index in [4.69, 9.17) is 4.74 Å². The van der Waals surface area contributed by atoms with Gasteiger partial charge in [-0.3, -0.25) is 0 Å². The Morgan fingerprint density at radius 2 is 1.72 bits per heavy atom. The van der Waals surface area contributed by atoms with Crippen LogP contribution in [0.15, 0.2) is 69.7 Å². The molecule has 0 aliphatic heterocycles. The molecular weight excluding hydrogens is 350 g/mol. The van der Waals surface area contributed by atoms with Crippen LogP contribution in [0.4, 0.5) is 0 Å². The summed E-state index contributed by atoms with van der Waals surface area (Å²) in [5.74, 6) is 0.794. The summed E-state index contributed by atoms with van der Waals surface area (Å²) in [4.78, 5) is 10.1. The number of benzene rings is 2. The SMILES string of the molecule is COc1ccc(Sc2nc(SC)nc(-c3ccccc3)c2C#N)cc1. The van der Waals surface area contributed by atoms with Crippen LogP contribution in [-0.4, -0.2) is 23.3 Å². The van der Waals surface area contributed by atoms with E-state index >= 15 is 0 Å². The molecule has 0 aliphatic carbocycles. The molecule has 25 heavy (non-hydrogen) atoms. The van der Waals surface area contributed by atoms with E-state index in [0.717, 1.165) is 16.2 Å². The molecule has 0 amide bonds. The number of aromatic nitrogens is 2. The van der Waals surface area contributed by atoms with Crippen molar-refractivity contribution in [3.63, 3.8) is 0 Å². The van der Waals surface area contributed by atoms with Gasteiger partial charge in [-0.25, -0.2) is 9.97 Å². The van der Waals surface area contributed by atoms with Crippen molar-refractivity contribution in [2.45, 2.75) is 15.1 Å². The van der Waals surface area contributed by atoms with Gasteiger partial charge >= 0.3 is 0 Å². The van der Waals surface area contributed by atoms with E-state index in [9.17, 15) is 5.26 Å². The molecule has 0 N–H and O–H groups in total. The fourth-order valence-electron chi connectivity index (χ4n) is 2.25. The average Bonchev–Trinajstić information content (AvgIpc) is 2.68. The summed E-state index contributed by atoms with van der Waals surface area (Å²) in [6.45, 7) is 0. The summed E-state index contributed by atoms with van der Waals surface area (Å²) < 4.78 is 5.19. The number of hydrogen-bond acceptors (Lipinski definition) is 6. The van der Waals surface area contributed by atoms with Crippen LogP contribution in [0.5, 0.6) is 5.75 Å². The Balaban J connectivity index is 2.07. The van der Waals surface area contributed by atoms with E-state index in [1.54, 1.807) is 7.11 Å². The Morgan fingerprint density at radius 3 is 2.32 bits per heavy atom. The third-order valence-electron chi connectivity index (χ3n) is 3.47. The molecule has 0 bridgehead atoms. The molecule has 0 aliphatic rings. The molecule has 3 rings (SSSR count). The predicted octanol–water partition coefficient (Wildman–Crippen LogP) is 4.90. The quantitative estimate of drug-likeness (QED) is 0.364. The fourth-order valence-corrected chi connectivity index (χ4v) is 3.54. The zero-order valence-electron chi connectivity index (χ0n) is 13.8. The van der Waals surface area contributed by atoms with Crippen molar-refractivity contribution in [1.29, 1.82) is 5.26 Å². The summed E-state index contributed by atoms with van der Waals surface area (Å²) in [5, 5.41) is 11.0. The van der Waals surface area contributed by atoms with Gasteiger partial charge in [0.25, 0.3) is 0 Å². The molecule has 2 aromatic carbocycles. The smallest absolute Gasteiger partial charge is 0.189 e. The lowest BCUT2D eigenvalue weighted by molar-refractivity contribution is 0.414. The minimum Gasteiger partial charge on any atom is -0.497 e. The van der Waals surface area contributed by atoms with Crippen molar-refractivity contribution in [3.05, 3.63) is 60.2 Å². The third-order valence-corrected chi connectivity index (χ3v) is 5.02. The summed E-state index contributed by atoms with van der Waals surface area (Å²) in [6.07, 6.45) is 1.93. The number of ether oxygens (including phenoxy) is 1. The fraction of sp³-hybridized carbons (Fsp3) is 0.105. The summed E-state index contributed by atoms with van der Waals surface area (Å²) >= 11 is 2.92. The molecule has 3 aromatic rings. The molecule has 0 atom stereocenters. The zero-order valence-corrected chi connectivity index (χ0v) is 15.4. The largest absolute Gasteiger partial charge is 0.497 e. The molecule has 0 saturated heterocycles. The minimum absolute atomic E-state index is 0.491. The standard InChI is InChI=1S/C19H15N3OS2/c1-23-14-8-10-15(11-9-14)25-18-16(12-20)17(21-19(22-18)24-2)13-6-4-3-5-7-13/h3-11H,1-2H3. The highest BCUT2D eigenvalue weighted by atomic mass is 32.2. The first kappa shape index (κ1) is 17.3. The number of thioether (sulfide) groups is 1. The Bertz CT molecular complexity index is 906. The van der Waals surface area contributed by atoms with Gasteiger partial charge in [0.05, 0.1) is 12.8 Å². The van der Waals surface area contributed by atoms with Crippen LogP contribution in [0.3, 0.4) is 0 Å². The van der Waals surface area contributed by atoms with Crippen LogP contribution in [0.25, 0.3) is 11.3 Å². The van der Waals surface area contributed by atoms with Crippen molar-refractivity contribution in [2.24, 2.45) is 0 Å². The molecule has 0 unspecified atom stereocenters. The monoisotopic (exact) mass is 365 g/mol. The second-order valence-corrected chi connectivity index (χ2v) is 6.83. The molecule has 1 aromatic heterocycles. The van der Waals surface area contributed by atoms with Gasteiger partial charge in [0, 0.05) is 10.5 Å². The predicted molar refractivity (Wildman–Crippen MR) is 101 cm³/mol.